The number of thiocarbonyl (C=S) groups is 1. The molecule has 1 aromatic rings. The van der Waals surface area contributed by atoms with E-state index in [2.05, 4.69) is 5.09 Å². The molecule has 0 radical (unpaired) electrons. The third-order valence-electron chi connectivity index (χ3n) is 2.01. The summed E-state index contributed by atoms with van der Waals surface area (Å²) in [7, 11) is 0. The summed E-state index contributed by atoms with van der Waals surface area (Å²) >= 11 is 9.50. The highest BCUT2D eigenvalue weighted by Crippen LogP contribution is 2.35. The van der Waals surface area contributed by atoms with Crippen LogP contribution in [0.5, 0.6) is 5.75 Å². The first kappa shape index (κ1) is 14.3. The molecule has 0 heterocycles. The highest BCUT2D eigenvalue weighted by atomic mass is 32.4. The summed E-state index contributed by atoms with van der Waals surface area (Å²) in [5.41, 5.74) is 12.2. The normalized spacial score (nSPS) is 14.0. The van der Waals surface area contributed by atoms with Crippen molar-refractivity contribution in [2.45, 2.75) is 12.8 Å². The lowest BCUT2D eigenvalue weighted by atomic mass is 10.1. The molecule has 0 amide bonds. The first-order valence-corrected chi connectivity index (χ1v) is 8.01. The topological polar surface area (TPSA) is 105 Å². The summed E-state index contributed by atoms with van der Waals surface area (Å²) in [5, 5.41) is 12.1. The fourth-order valence-electron chi connectivity index (χ4n) is 1.33. The van der Waals surface area contributed by atoms with Crippen molar-refractivity contribution in [2.75, 3.05) is 5.09 Å². The lowest BCUT2D eigenvalue weighted by Crippen LogP contribution is -2.10. The van der Waals surface area contributed by atoms with Gasteiger partial charge in [0.2, 0.25) is 6.57 Å². The van der Waals surface area contributed by atoms with E-state index < -0.39 is 6.57 Å². The summed E-state index contributed by atoms with van der Waals surface area (Å²) in [5.74, 6) is 0.122. The van der Waals surface area contributed by atoms with Crippen LogP contribution in [-0.4, -0.2) is 15.0 Å². The Morgan fingerprint density at radius 3 is 2.65 bits per heavy atom. The Morgan fingerprint density at radius 2 is 2.12 bits per heavy atom. The SMILES string of the molecule is NC(=S)CCc1cc(O)ccc1NP(N)(O)=S. The average molecular weight is 291 g/mol. The van der Waals surface area contributed by atoms with E-state index in [1.165, 1.54) is 6.07 Å². The van der Waals surface area contributed by atoms with Crippen LogP contribution in [0, 0.1) is 0 Å². The Balaban J connectivity index is 2.95. The molecule has 0 aromatic heterocycles. The Labute approximate surface area is 110 Å². The molecule has 17 heavy (non-hydrogen) atoms. The van der Waals surface area contributed by atoms with Gasteiger partial charge in [-0.05, 0) is 42.0 Å². The van der Waals surface area contributed by atoms with E-state index in [-0.39, 0.29) is 5.75 Å². The minimum atomic E-state index is -3.04. The molecule has 0 aliphatic rings. The first-order valence-electron chi connectivity index (χ1n) is 4.78. The van der Waals surface area contributed by atoms with Crippen molar-refractivity contribution in [3.8, 4) is 5.75 Å². The molecule has 0 saturated heterocycles. The summed E-state index contributed by atoms with van der Waals surface area (Å²) in [6.07, 6.45) is 1.05. The van der Waals surface area contributed by atoms with Crippen LogP contribution >= 0.6 is 18.8 Å². The number of hydrogen-bond acceptors (Lipinski definition) is 3. The summed E-state index contributed by atoms with van der Waals surface area (Å²) < 4.78 is 0. The van der Waals surface area contributed by atoms with E-state index in [0.717, 1.165) is 5.56 Å². The Morgan fingerprint density at radius 1 is 1.47 bits per heavy atom. The van der Waals surface area contributed by atoms with Crippen molar-refractivity contribution >= 4 is 41.3 Å². The molecule has 0 fully saturated rings. The van der Waals surface area contributed by atoms with Crippen molar-refractivity contribution < 1.29 is 10.00 Å². The predicted octanol–water partition coefficient (Wildman–Crippen LogP) is 1.20. The molecule has 7 N–H and O–H groups in total. The highest BCUT2D eigenvalue weighted by Gasteiger charge is 2.10. The van der Waals surface area contributed by atoms with Crippen LogP contribution in [0.1, 0.15) is 12.0 Å². The molecule has 0 spiro atoms. The average Bonchev–Trinajstić information content (AvgIpc) is 2.16. The maximum Gasteiger partial charge on any atom is 0.218 e. The number of nitrogens with one attached hydrogen (secondary N) is 1. The third-order valence-corrected chi connectivity index (χ3v) is 3.05. The largest absolute Gasteiger partial charge is 0.508 e. The van der Waals surface area contributed by atoms with Gasteiger partial charge >= 0.3 is 0 Å². The number of phenolic OH excluding ortho intramolecular Hbond substituents is 1. The third kappa shape index (κ3) is 5.43. The molecule has 5 nitrogen and oxygen atoms in total. The maximum atomic E-state index is 9.42. The second-order valence-electron chi connectivity index (χ2n) is 3.54. The molecule has 0 aliphatic heterocycles. The molecular formula is C9H14N3O2PS2. The van der Waals surface area contributed by atoms with Crippen molar-refractivity contribution in [3.05, 3.63) is 23.8 Å². The van der Waals surface area contributed by atoms with Gasteiger partial charge in [-0.2, -0.15) is 0 Å². The quantitative estimate of drug-likeness (QED) is 0.315. The van der Waals surface area contributed by atoms with Gasteiger partial charge in [0.1, 0.15) is 5.75 Å². The van der Waals surface area contributed by atoms with E-state index >= 15 is 0 Å². The van der Waals surface area contributed by atoms with E-state index in [9.17, 15) is 10.00 Å². The fourth-order valence-corrected chi connectivity index (χ4v) is 2.29. The van der Waals surface area contributed by atoms with Gasteiger partial charge in [-0.3, -0.25) is 5.50 Å². The molecule has 0 saturated carbocycles. The maximum absolute atomic E-state index is 9.42. The molecule has 94 valence electrons. The second kappa shape index (κ2) is 5.75. The molecule has 1 unspecified atom stereocenters. The molecule has 8 heteroatoms. The van der Waals surface area contributed by atoms with E-state index in [0.29, 0.717) is 23.5 Å². The van der Waals surface area contributed by atoms with Gasteiger partial charge in [-0.25, -0.2) is 0 Å². The van der Waals surface area contributed by atoms with Gasteiger partial charge < -0.3 is 20.8 Å². The minimum absolute atomic E-state index is 0.122. The molecule has 1 atom stereocenters. The van der Waals surface area contributed by atoms with Gasteiger partial charge in [0.15, 0.2) is 0 Å². The van der Waals surface area contributed by atoms with E-state index in [1.807, 2.05) is 0 Å². The van der Waals surface area contributed by atoms with Gasteiger partial charge in [0, 0.05) is 12.1 Å². The first-order chi connectivity index (χ1) is 7.78. The van der Waals surface area contributed by atoms with Crippen LogP contribution < -0.4 is 16.3 Å². The lowest BCUT2D eigenvalue weighted by molar-refractivity contribution is 0.474. The molecule has 1 rings (SSSR count). The molecule has 1 aromatic carbocycles. The van der Waals surface area contributed by atoms with Gasteiger partial charge in [-0.1, -0.05) is 12.2 Å². The number of aromatic hydroxyl groups is 1. The number of rotatable bonds is 5. The number of benzene rings is 1. The highest BCUT2D eigenvalue weighted by molar-refractivity contribution is 8.11. The monoisotopic (exact) mass is 291 g/mol. The summed E-state index contributed by atoms with van der Waals surface area (Å²) in [4.78, 5) is 9.81. The van der Waals surface area contributed by atoms with Crippen LogP contribution in [0.25, 0.3) is 0 Å². The number of phenols is 1. The zero-order valence-corrected chi connectivity index (χ0v) is 11.5. The van der Waals surface area contributed by atoms with Crippen LogP contribution in [-0.2, 0) is 18.2 Å². The van der Waals surface area contributed by atoms with Crippen molar-refractivity contribution in [1.29, 1.82) is 0 Å². The zero-order valence-electron chi connectivity index (χ0n) is 8.96. The predicted molar refractivity (Wildman–Crippen MR) is 77.5 cm³/mol. The van der Waals surface area contributed by atoms with Gasteiger partial charge in [0.25, 0.3) is 0 Å². The molecular weight excluding hydrogens is 277 g/mol. The number of hydrogen-bond donors (Lipinski definition) is 5. The van der Waals surface area contributed by atoms with Crippen molar-refractivity contribution in [1.82, 2.24) is 0 Å². The molecule has 0 bridgehead atoms. The summed E-state index contributed by atoms with van der Waals surface area (Å²) in [6.45, 7) is -3.04. The van der Waals surface area contributed by atoms with Crippen LogP contribution in [0.3, 0.4) is 0 Å². The minimum Gasteiger partial charge on any atom is -0.508 e. The van der Waals surface area contributed by atoms with E-state index in [4.69, 9.17) is 35.3 Å². The smallest absolute Gasteiger partial charge is 0.218 e. The Bertz CT molecular complexity index is 475. The van der Waals surface area contributed by atoms with Crippen molar-refractivity contribution in [2.24, 2.45) is 11.2 Å². The van der Waals surface area contributed by atoms with Gasteiger partial charge in [-0.15, -0.1) is 0 Å². The second-order valence-corrected chi connectivity index (χ2v) is 7.21. The number of aryl methyl sites for hydroxylation is 1. The fraction of sp³-hybridized carbons (Fsp3) is 0.222. The van der Waals surface area contributed by atoms with Crippen LogP contribution in [0.15, 0.2) is 18.2 Å². The lowest BCUT2D eigenvalue weighted by Gasteiger charge is -2.16. The Kier molecular flexibility index (Phi) is 4.85. The number of nitrogens with two attached hydrogens (primary N) is 2. The van der Waals surface area contributed by atoms with Crippen LogP contribution in [0.4, 0.5) is 5.69 Å². The van der Waals surface area contributed by atoms with Crippen molar-refractivity contribution in [3.63, 3.8) is 0 Å². The Hall–Kier alpha value is -0.720. The zero-order chi connectivity index (χ0) is 13.1. The van der Waals surface area contributed by atoms with E-state index in [1.54, 1.807) is 12.1 Å². The number of anilines is 1. The van der Waals surface area contributed by atoms with Gasteiger partial charge in [0.05, 0.1) is 4.99 Å². The summed E-state index contributed by atoms with van der Waals surface area (Å²) in [6, 6.07) is 4.65. The molecule has 0 aliphatic carbocycles. The standard InChI is InChI=1S/C9H14N3O2PS2/c10-9(16)4-1-6-5-7(13)2-3-8(6)12-15(11,14)17/h2-3,5,13H,1,4H2,(H2,10,16)(H4,11,12,14,17). The van der Waals surface area contributed by atoms with Crippen LogP contribution in [0.2, 0.25) is 0 Å².